The molecule has 0 radical (unpaired) electrons. The van der Waals surface area contributed by atoms with Gasteiger partial charge in [-0.15, -0.1) is 0 Å². The molecule has 1 aromatic carbocycles. The molecule has 0 saturated heterocycles. The summed E-state index contributed by atoms with van der Waals surface area (Å²) in [5.41, 5.74) is 1.13. The highest BCUT2D eigenvalue weighted by atomic mass is 35.5. The summed E-state index contributed by atoms with van der Waals surface area (Å²) in [4.78, 5) is 10.7. The SMILES string of the molecule is CC.CNc1cc(Cl)c(C(=O)O)cc1C=N.CO. The number of benzene rings is 1. The van der Waals surface area contributed by atoms with Crippen LogP contribution in [0.3, 0.4) is 0 Å². The fourth-order valence-corrected chi connectivity index (χ4v) is 1.33. The maximum Gasteiger partial charge on any atom is 0.337 e. The third-order valence-electron chi connectivity index (χ3n) is 1.79. The molecule has 0 fully saturated rings. The second kappa shape index (κ2) is 10.6. The van der Waals surface area contributed by atoms with E-state index in [-0.39, 0.29) is 10.6 Å². The van der Waals surface area contributed by atoms with Gasteiger partial charge in [0, 0.05) is 31.6 Å². The molecule has 0 aliphatic heterocycles. The van der Waals surface area contributed by atoms with Crippen molar-refractivity contribution in [3.8, 4) is 0 Å². The highest BCUT2D eigenvalue weighted by Gasteiger charge is 2.11. The van der Waals surface area contributed by atoms with Gasteiger partial charge in [0.15, 0.2) is 0 Å². The lowest BCUT2D eigenvalue weighted by molar-refractivity contribution is 0.0697. The van der Waals surface area contributed by atoms with Crippen LogP contribution in [0.5, 0.6) is 0 Å². The van der Waals surface area contributed by atoms with Crippen molar-refractivity contribution in [1.29, 1.82) is 5.41 Å². The molecule has 0 bridgehead atoms. The van der Waals surface area contributed by atoms with Gasteiger partial charge in [-0.3, -0.25) is 0 Å². The topological polar surface area (TPSA) is 93.4 Å². The molecule has 18 heavy (non-hydrogen) atoms. The van der Waals surface area contributed by atoms with E-state index in [1.165, 1.54) is 12.1 Å². The van der Waals surface area contributed by atoms with E-state index >= 15 is 0 Å². The van der Waals surface area contributed by atoms with Crippen LogP contribution in [-0.4, -0.2) is 36.6 Å². The smallest absolute Gasteiger partial charge is 0.337 e. The van der Waals surface area contributed by atoms with E-state index < -0.39 is 5.97 Å². The highest BCUT2D eigenvalue weighted by molar-refractivity contribution is 6.34. The number of carboxylic acids is 1. The van der Waals surface area contributed by atoms with E-state index in [2.05, 4.69) is 5.32 Å². The molecule has 1 rings (SSSR count). The maximum absolute atomic E-state index is 10.7. The van der Waals surface area contributed by atoms with Gasteiger partial charge in [-0.25, -0.2) is 4.79 Å². The lowest BCUT2D eigenvalue weighted by Gasteiger charge is -2.07. The number of carbonyl (C=O) groups is 1. The van der Waals surface area contributed by atoms with E-state index in [4.69, 9.17) is 27.2 Å². The number of carboxylic acid groups (broad SMARTS) is 1. The van der Waals surface area contributed by atoms with Crippen molar-refractivity contribution in [1.82, 2.24) is 0 Å². The zero-order valence-corrected chi connectivity index (χ0v) is 11.7. The van der Waals surface area contributed by atoms with Crippen LogP contribution < -0.4 is 5.32 Å². The zero-order valence-electron chi connectivity index (χ0n) is 10.9. The predicted molar refractivity (Wildman–Crippen MR) is 75.3 cm³/mol. The summed E-state index contributed by atoms with van der Waals surface area (Å²) in [5.74, 6) is -1.10. The summed E-state index contributed by atoms with van der Waals surface area (Å²) in [7, 11) is 2.68. The van der Waals surface area contributed by atoms with Crippen molar-refractivity contribution in [2.75, 3.05) is 19.5 Å². The number of anilines is 1. The lowest BCUT2D eigenvalue weighted by Crippen LogP contribution is -2.02. The Morgan fingerprint density at radius 2 is 1.89 bits per heavy atom. The molecule has 102 valence electrons. The molecule has 0 spiro atoms. The van der Waals surface area contributed by atoms with Gasteiger partial charge in [-0.1, -0.05) is 25.4 Å². The molecule has 0 amide bonds. The normalized spacial score (nSPS) is 8.11. The fourth-order valence-electron chi connectivity index (χ4n) is 1.09. The molecule has 1 aromatic rings. The van der Waals surface area contributed by atoms with Crippen LogP contribution >= 0.6 is 11.6 Å². The van der Waals surface area contributed by atoms with Gasteiger partial charge in [-0.05, 0) is 12.1 Å². The fraction of sp³-hybridized carbons (Fsp3) is 0.333. The van der Waals surface area contributed by atoms with Gasteiger partial charge in [0.2, 0.25) is 0 Å². The van der Waals surface area contributed by atoms with Gasteiger partial charge in [-0.2, -0.15) is 0 Å². The molecule has 0 atom stereocenters. The van der Waals surface area contributed by atoms with Gasteiger partial charge in [0.05, 0.1) is 10.6 Å². The number of aromatic carboxylic acids is 1. The minimum Gasteiger partial charge on any atom is -0.478 e. The number of rotatable bonds is 3. The van der Waals surface area contributed by atoms with E-state index in [9.17, 15) is 4.79 Å². The Morgan fingerprint density at radius 3 is 2.22 bits per heavy atom. The Balaban J connectivity index is 0. The second-order valence-electron chi connectivity index (χ2n) is 2.62. The molecule has 6 heteroatoms. The van der Waals surface area contributed by atoms with Crippen molar-refractivity contribution in [2.45, 2.75) is 13.8 Å². The average molecular weight is 275 g/mol. The monoisotopic (exact) mass is 274 g/mol. The summed E-state index contributed by atoms with van der Waals surface area (Å²) in [5, 5.41) is 25.8. The highest BCUT2D eigenvalue weighted by Crippen LogP contribution is 2.24. The second-order valence-corrected chi connectivity index (χ2v) is 3.03. The van der Waals surface area contributed by atoms with Crippen LogP contribution in [0.15, 0.2) is 12.1 Å². The Bertz CT molecular complexity index is 395. The average Bonchev–Trinajstić information content (AvgIpc) is 2.42. The van der Waals surface area contributed by atoms with Crippen LogP contribution in [0.4, 0.5) is 5.69 Å². The van der Waals surface area contributed by atoms with Gasteiger partial charge in [0.1, 0.15) is 0 Å². The van der Waals surface area contributed by atoms with Crippen LogP contribution in [0.2, 0.25) is 5.02 Å². The third kappa shape index (κ3) is 5.16. The minimum atomic E-state index is -1.10. The number of halogens is 1. The molecule has 4 N–H and O–H groups in total. The first-order valence-corrected chi connectivity index (χ1v) is 5.67. The quantitative estimate of drug-likeness (QED) is 0.638. The summed E-state index contributed by atoms with van der Waals surface area (Å²) >= 11 is 5.74. The van der Waals surface area contributed by atoms with Crippen LogP contribution in [0.1, 0.15) is 29.8 Å². The molecule has 5 nitrogen and oxygen atoms in total. The number of hydrogen-bond donors (Lipinski definition) is 4. The number of nitrogens with one attached hydrogen (secondary N) is 2. The molecule has 0 heterocycles. The molecule has 0 aromatic heterocycles. The maximum atomic E-state index is 10.7. The Morgan fingerprint density at radius 1 is 1.39 bits per heavy atom. The molecular formula is C12H19ClN2O3. The Hall–Kier alpha value is -1.59. The standard InChI is InChI=1S/C9H9ClN2O2.C2H6.CH4O/c1-12-8-3-7(10)6(9(13)14)2-5(8)4-11;2*1-2/h2-4,11-12H,1H3,(H,13,14);1-2H3;2H,1H3. The van der Waals surface area contributed by atoms with E-state index in [0.717, 1.165) is 13.3 Å². The van der Waals surface area contributed by atoms with Crippen molar-refractivity contribution in [2.24, 2.45) is 0 Å². The summed E-state index contributed by atoms with van der Waals surface area (Å²) in [6, 6.07) is 2.86. The lowest BCUT2D eigenvalue weighted by atomic mass is 10.1. The zero-order chi connectivity index (χ0) is 14.7. The van der Waals surface area contributed by atoms with Crippen LogP contribution in [0.25, 0.3) is 0 Å². The first-order chi connectivity index (χ1) is 8.60. The Labute approximate surface area is 112 Å². The predicted octanol–water partition coefficient (Wildman–Crippen LogP) is 2.71. The first-order valence-electron chi connectivity index (χ1n) is 5.30. The van der Waals surface area contributed by atoms with Crippen LogP contribution in [-0.2, 0) is 0 Å². The third-order valence-corrected chi connectivity index (χ3v) is 2.11. The van der Waals surface area contributed by atoms with Gasteiger partial charge >= 0.3 is 5.97 Å². The molecule has 0 aliphatic rings. The first kappa shape index (κ1) is 18.8. The minimum absolute atomic E-state index is 0.00386. The number of aliphatic hydroxyl groups excluding tert-OH is 1. The summed E-state index contributed by atoms with van der Waals surface area (Å²) in [6.45, 7) is 4.00. The van der Waals surface area contributed by atoms with Gasteiger partial charge < -0.3 is 20.9 Å². The van der Waals surface area contributed by atoms with Gasteiger partial charge in [0.25, 0.3) is 0 Å². The Kier molecular flexibility index (Phi) is 11.0. The van der Waals surface area contributed by atoms with E-state index in [1.54, 1.807) is 7.05 Å². The summed E-state index contributed by atoms with van der Waals surface area (Å²) < 4.78 is 0. The molecular weight excluding hydrogens is 256 g/mol. The largest absolute Gasteiger partial charge is 0.478 e. The molecule has 0 unspecified atom stereocenters. The van der Waals surface area contributed by atoms with E-state index in [0.29, 0.717) is 11.3 Å². The molecule has 0 aliphatic carbocycles. The number of aliphatic hydroxyl groups is 1. The summed E-state index contributed by atoms with van der Waals surface area (Å²) in [6.07, 6.45) is 1.08. The van der Waals surface area contributed by atoms with Crippen molar-refractivity contribution < 1.29 is 15.0 Å². The number of hydrogen-bond acceptors (Lipinski definition) is 4. The van der Waals surface area contributed by atoms with Crippen molar-refractivity contribution in [3.05, 3.63) is 28.3 Å². The van der Waals surface area contributed by atoms with Crippen molar-refractivity contribution >= 4 is 29.5 Å². The molecule has 0 saturated carbocycles. The van der Waals surface area contributed by atoms with Crippen LogP contribution in [0, 0.1) is 5.41 Å². The van der Waals surface area contributed by atoms with E-state index in [1.807, 2.05) is 13.8 Å². The van der Waals surface area contributed by atoms with Crippen molar-refractivity contribution in [3.63, 3.8) is 0 Å².